The molecule has 4 aromatic carbocycles. The summed E-state index contributed by atoms with van der Waals surface area (Å²) in [6.07, 6.45) is 3.23. The minimum Gasteiger partial charge on any atom is -0.456 e. The van der Waals surface area contributed by atoms with E-state index in [1.54, 1.807) is 17.4 Å². The van der Waals surface area contributed by atoms with E-state index in [0.29, 0.717) is 5.56 Å². The highest BCUT2D eigenvalue weighted by Gasteiger charge is 2.57. The van der Waals surface area contributed by atoms with Gasteiger partial charge in [0.15, 0.2) is 0 Å². The summed E-state index contributed by atoms with van der Waals surface area (Å²) >= 11 is 0. The van der Waals surface area contributed by atoms with Gasteiger partial charge in [-0.2, -0.15) is 5.10 Å². The lowest BCUT2D eigenvalue weighted by molar-refractivity contribution is 0.0675. The third-order valence-corrected chi connectivity index (χ3v) is 8.47. The smallest absolute Gasteiger partial charge is 0.275 e. The van der Waals surface area contributed by atoms with Gasteiger partial charge in [-0.3, -0.25) is 9.79 Å². The van der Waals surface area contributed by atoms with Gasteiger partial charge in [0.1, 0.15) is 17.0 Å². The molecule has 43 heavy (non-hydrogen) atoms. The van der Waals surface area contributed by atoms with Gasteiger partial charge in [-0.25, -0.2) is 5.01 Å². The van der Waals surface area contributed by atoms with E-state index in [2.05, 4.69) is 78.9 Å². The monoisotopic (exact) mass is 571 g/mol. The summed E-state index contributed by atoms with van der Waals surface area (Å²) in [5, 5.41) is 6.44. The van der Waals surface area contributed by atoms with Crippen molar-refractivity contribution < 1.29 is 9.53 Å². The normalized spacial score (nSPS) is 14.6. The lowest BCUT2D eigenvalue weighted by Gasteiger charge is -2.42. The number of anilines is 2. The van der Waals surface area contributed by atoms with Crippen LogP contribution in [0.15, 0.2) is 101 Å². The molecule has 0 aliphatic carbocycles. The Balaban J connectivity index is 1.58. The lowest BCUT2D eigenvalue weighted by atomic mass is 9.75. The molecule has 2 heterocycles. The number of hydrogen-bond acceptors (Lipinski definition) is 6. The quantitative estimate of drug-likeness (QED) is 0.194. The molecule has 0 radical (unpaired) electrons. The number of nitrogens with zero attached hydrogens (tertiary/aromatic N) is 5. The first-order valence-electron chi connectivity index (χ1n) is 15.1. The number of rotatable bonds is 9. The van der Waals surface area contributed by atoms with Crippen molar-refractivity contribution in [2.45, 2.75) is 33.2 Å². The summed E-state index contributed by atoms with van der Waals surface area (Å²) in [5.74, 6) is 1.27. The molecule has 218 valence electrons. The Hall–Kier alpha value is -4.91. The SMILES string of the molecule is CCN(CC)c1ccc2c(c1)Oc1cc(N(CC)CC)ccc1C21c2ccccc2C(=O)N1/N=C/C=N/c1ccccc1. The van der Waals surface area contributed by atoms with Crippen molar-refractivity contribution in [3.8, 4) is 11.5 Å². The zero-order valence-corrected chi connectivity index (χ0v) is 25.2. The highest BCUT2D eigenvalue weighted by Crippen LogP contribution is 2.58. The Bertz CT molecular complexity index is 1630. The molecule has 0 aromatic heterocycles. The zero-order valence-electron chi connectivity index (χ0n) is 25.2. The Labute approximate surface area is 253 Å². The molecule has 7 nitrogen and oxygen atoms in total. The number of hydrogen-bond donors (Lipinski definition) is 0. The van der Waals surface area contributed by atoms with Crippen molar-refractivity contribution in [1.29, 1.82) is 0 Å². The Morgan fingerprint density at radius 1 is 0.698 bits per heavy atom. The number of aliphatic imine (C=N–C) groups is 1. The maximum absolute atomic E-state index is 14.2. The number of benzene rings is 4. The predicted octanol–water partition coefficient (Wildman–Crippen LogP) is 7.62. The number of ether oxygens (including phenoxy) is 1. The van der Waals surface area contributed by atoms with Crippen LogP contribution in [0.25, 0.3) is 0 Å². The molecule has 1 spiro atoms. The second-order valence-electron chi connectivity index (χ2n) is 10.6. The number of carbonyl (C=O) groups is 1. The van der Waals surface area contributed by atoms with Gasteiger partial charge in [-0.05, 0) is 58.0 Å². The van der Waals surface area contributed by atoms with Gasteiger partial charge in [0.2, 0.25) is 0 Å². The van der Waals surface area contributed by atoms with Gasteiger partial charge in [0.25, 0.3) is 5.91 Å². The van der Waals surface area contributed by atoms with E-state index >= 15 is 0 Å². The van der Waals surface area contributed by atoms with E-state index in [0.717, 1.165) is 71.4 Å². The first kappa shape index (κ1) is 28.2. The van der Waals surface area contributed by atoms with Crippen molar-refractivity contribution in [1.82, 2.24) is 5.01 Å². The van der Waals surface area contributed by atoms with Crippen LogP contribution in [0, 0.1) is 0 Å². The van der Waals surface area contributed by atoms with E-state index < -0.39 is 5.54 Å². The number of fused-ring (bicyclic) bond motifs is 6. The third-order valence-electron chi connectivity index (χ3n) is 8.47. The van der Waals surface area contributed by atoms with E-state index in [1.807, 2.05) is 54.6 Å². The highest BCUT2D eigenvalue weighted by atomic mass is 16.5. The molecule has 0 fully saturated rings. The number of carbonyl (C=O) groups excluding carboxylic acids is 1. The van der Waals surface area contributed by atoms with Crippen molar-refractivity contribution >= 4 is 35.4 Å². The van der Waals surface area contributed by atoms with Crippen molar-refractivity contribution in [2.24, 2.45) is 10.1 Å². The average molecular weight is 572 g/mol. The zero-order chi connectivity index (χ0) is 30.0. The summed E-state index contributed by atoms with van der Waals surface area (Å²) in [7, 11) is 0. The van der Waals surface area contributed by atoms with E-state index in [4.69, 9.17) is 9.84 Å². The molecule has 1 amide bonds. The summed E-state index contributed by atoms with van der Waals surface area (Å²) in [5.41, 5.74) is 5.21. The minimum atomic E-state index is -1.02. The fraction of sp³-hybridized carbons (Fsp3) is 0.250. The molecule has 0 atom stereocenters. The molecule has 0 bridgehead atoms. The van der Waals surface area contributed by atoms with E-state index in [-0.39, 0.29) is 5.91 Å². The molecule has 0 N–H and O–H groups in total. The first-order valence-corrected chi connectivity index (χ1v) is 15.1. The highest BCUT2D eigenvalue weighted by molar-refractivity contribution is 6.17. The maximum Gasteiger partial charge on any atom is 0.275 e. The third kappa shape index (κ3) is 4.65. The van der Waals surface area contributed by atoms with Gasteiger partial charge in [0.05, 0.1) is 11.9 Å². The fourth-order valence-electron chi connectivity index (χ4n) is 6.38. The fourth-order valence-corrected chi connectivity index (χ4v) is 6.38. The summed E-state index contributed by atoms with van der Waals surface area (Å²) in [6, 6.07) is 30.1. The van der Waals surface area contributed by atoms with Crippen LogP contribution in [-0.2, 0) is 5.54 Å². The van der Waals surface area contributed by atoms with Crippen LogP contribution in [0.2, 0.25) is 0 Å². The van der Waals surface area contributed by atoms with Crippen LogP contribution in [-0.4, -0.2) is 49.5 Å². The Kier molecular flexibility index (Phi) is 7.72. The van der Waals surface area contributed by atoms with Crippen LogP contribution >= 0.6 is 0 Å². The van der Waals surface area contributed by atoms with Crippen LogP contribution in [0.4, 0.5) is 17.1 Å². The van der Waals surface area contributed by atoms with Crippen LogP contribution in [0.5, 0.6) is 11.5 Å². The largest absolute Gasteiger partial charge is 0.456 e. The van der Waals surface area contributed by atoms with Crippen LogP contribution < -0.4 is 14.5 Å². The number of amides is 1. The summed E-state index contributed by atoms with van der Waals surface area (Å²) < 4.78 is 6.74. The molecular formula is C36H37N5O2. The van der Waals surface area contributed by atoms with Crippen molar-refractivity contribution in [3.05, 3.63) is 113 Å². The van der Waals surface area contributed by atoms with Gasteiger partial charge >= 0.3 is 0 Å². The van der Waals surface area contributed by atoms with Crippen LogP contribution in [0.1, 0.15) is 54.7 Å². The summed E-state index contributed by atoms with van der Waals surface area (Å²) in [4.78, 5) is 23.3. The molecule has 7 heteroatoms. The predicted molar refractivity (Wildman–Crippen MR) is 176 cm³/mol. The Morgan fingerprint density at radius 2 is 1.26 bits per heavy atom. The molecule has 0 saturated heterocycles. The van der Waals surface area contributed by atoms with Gasteiger partial charge < -0.3 is 14.5 Å². The van der Waals surface area contributed by atoms with E-state index in [1.165, 1.54) is 0 Å². The van der Waals surface area contributed by atoms with Crippen molar-refractivity contribution in [3.63, 3.8) is 0 Å². The Morgan fingerprint density at radius 3 is 1.84 bits per heavy atom. The average Bonchev–Trinajstić information content (AvgIpc) is 3.29. The van der Waals surface area contributed by atoms with Gasteiger partial charge in [0, 0.05) is 78.2 Å². The standard InChI is InChI=1S/C36H37N5O2/c1-5-39(6-2)27-18-20-31-33(24-27)43-34-25-28(40(7-3)8-4)19-21-32(34)36(31)30-17-13-12-16-29(30)35(42)41(36)38-23-22-37-26-14-10-9-11-15-26/h9-25H,5-8H2,1-4H3/b37-22+,38-23+. The second-order valence-corrected chi connectivity index (χ2v) is 10.6. The molecule has 6 rings (SSSR count). The lowest BCUT2D eigenvalue weighted by Crippen LogP contribution is -2.44. The topological polar surface area (TPSA) is 60.7 Å². The molecule has 0 unspecified atom stereocenters. The van der Waals surface area contributed by atoms with Gasteiger partial charge in [-0.15, -0.1) is 0 Å². The number of hydrazone groups is 1. The molecule has 2 aliphatic heterocycles. The molecule has 2 aliphatic rings. The summed E-state index contributed by atoms with van der Waals surface area (Å²) in [6.45, 7) is 12.1. The van der Waals surface area contributed by atoms with Crippen LogP contribution in [0.3, 0.4) is 0 Å². The van der Waals surface area contributed by atoms with Crippen molar-refractivity contribution in [2.75, 3.05) is 36.0 Å². The van der Waals surface area contributed by atoms with Gasteiger partial charge in [-0.1, -0.05) is 48.5 Å². The maximum atomic E-state index is 14.2. The molecule has 4 aromatic rings. The van der Waals surface area contributed by atoms with E-state index in [9.17, 15) is 4.79 Å². The minimum absolute atomic E-state index is 0.167. The molecule has 0 saturated carbocycles. The molecular weight excluding hydrogens is 534 g/mol. The second kappa shape index (κ2) is 11.8. The number of para-hydroxylation sites is 1. The first-order chi connectivity index (χ1) is 21.1.